The molecule has 0 aliphatic carbocycles. The first-order valence-corrected chi connectivity index (χ1v) is 7.30. The van der Waals surface area contributed by atoms with E-state index in [1.54, 1.807) is 18.2 Å². The topological polar surface area (TPSA) is 17.1 Å². The van der Waals surface area contributed by atoms with Gasteiger partial charge < -0.3 is 0 Å². The van der Waals surface area contributed by atoms with Crippen molar-refractivity contribution in [2.75, 3.05) is 0 Å². The molecule has 0 unspecified atom stereocenters. The van der Waals surface area contributed by atoms with Crippen LogP contribution in [0.5, 0.6) is 0 Å². The molecule has 2 rings (SSSR count). The first-order valence-electron chi connectivity index (χ1n) is 5.71. The van der Waals surface area contributed by atoms with Crippen molar-refractivity contribution in [3.63, 3.8) is 0 Å². The molecule has 2 aromatic carbocycles. The van der Waals surface area contributed by atoms with Gasteiger partial charge in [-0.15, -0.1) is 0 Å². The maximum atomic E-state index is 13.4. The van der Waals surface area contributed by atoms with Gasteiger partial charge in [0.1, 0.15) is 5.82 Å². The number of carbonyl (C=O) groups excluding carboxylic acids is 1. The van der Waals surface area contributed by atoms with E-state index < -0.39 is 0 Å². The lowest BCUT2D eigenvalue weighted by Gasteiger charge is -2.07. The molecule has 1 nitrogen and oxygen atoms in total. The summed E-state index contributed by atoms with van der Waals surface area (Å²) in [6, 6.07) is 10.2. The van der Waals surface area contributed by atoms with Gasteiger partial charge in [-0.2, -0.15) is 0 Å². The minimum Gasteiger partial charge on any atom is -0.294 e. The van der Waals surface area contributed by atoms with Gasteiger partial charge in [0.25, 0.3) is 0 Å². The number of aryl methyl sites for hydroxylation is 1. The van der Waals surface area contributed by atoms with Crippen LogP contribution in [0, 0.1) is 12.7 Å². The second-order valence-corrected chi connectivity index (χ2v) is 5.98. The Morgan fingerprint density at radius 3 is 2.63 bits per heavy atom. The average molecular weight is 386 g/mol. The summed E-state index contributed by atoms with van der Waals surface area (Å²) in [5.41, 5.74) is 2.23. The molecule has 0 N–H and O–H groups in total. The Balaban J connectivity index is 2.28. The molecule has 98 valence electrons. The summed E-state index contributed by atoms with van der Waals surface area (Å²) in [5, 5.41) is 0. The maximum Gasteiger partial charge on any atom is 0.167 e. The molecule has 0 heterocycles. The van der Waals surface area contributed by atoms with Crippen molar-refractivity contribution in [3.05, 3.63) is 67.9 Å². The van der Waals surface area contributed by atoms with E-state index in [1.165, 1.54) is 6.07 Å². The average Bonchev–Trinajstić information content (AvgIpc) is 2.34. The van der Waals surface area contributed by atoms with Crippen LogP contribution in [0.3, 0.4) is 0 Å². The lowest BCUT2D eigenvalue weighted by atomic mass is 9.99. The summed E-state index contributed by atoms with van der Waals surface area (Å²) in [6.07, 6.45) is 0.181. The lowest BCUT2D eigenvalue weighted by molar-refractivity contribution is 0.0992. The number of rotatable bonds is 3. The summed E-state index contributed by atoms with van der Waals surface area (Å²) >= 11 is 6.54. The van der Waals surface area contributed by atoms with Crippen LogP contribution in [0.15, 0.2) is 45.3 Å². The molecule has 0 aliphatic rings. The Morgan fingerprint density at radius 2 is 1.95 bits per heavy atom. The first-order chi connectivity index (χ1) is 8.99. The number of halogens is 3. The molecule has 0 radical (unpaired) electrons. The number of hydrogen-bond acceptors (Lipinski definition) is 1. The third kappa shape index (κ3) is 3.31. The third-order valence-corrected chi connectivity index (χ3v) is 4.25. The van der Waals surface area contributed by atoms with E-state index in [0.717, 1.165) is 10.0 Å². The van der Waals surface area contributed by atoms with Crippen LogP contribution >= 0.6 is 31.9 Å². The highest BCUT2D eigenvalue weighted by Gasteiger charge is 2.13. The SMILES string of the molecule is Cc1cc(Br)ccc1C(=O)Cc1cccc(F)c1Br. The number of ketones is 1. The van der Waals surface area contributed by atoms with Crippen LogP contribution < -0.4 is 0 Å². The smallest absolute Gasteiger partial charge is 0.167 e. The monoisotopic (exact) mass is 384 g/mol. The highest BCUT2D eigenvalue weighted by Crippen LogP contribution is 2.23. The fraction of sp³-hybridized carbons (Fsp3) is 0.133. The molecule has 4 heteroatoms. The van der Waals surface area contributed by atoms with E-state index in [-0.39, 0.29) is 18.0 Å². The Morgan fingerprint density at radius 1 is 1.21 bits per heavy atom. The van der Waals surface area contributed by atoms with Crippen molar-refractivity contribution >= 4 is 37.6 Å². The van der Waals surface area contributed by atoms with Crippen molar-refractivity contribution in [3.8, 4) is 0 Å². The Hall–Kier alpha value is -1.00. The highest BCUT2D eigenvalue weighted by atomic mass is 79.9. The van der Waals surface area contributed by atoms with Crippen LogP contribution in [0.4, 0.5) is 4.39 Å². The van der Waals surface area contributed by atoms with Crippen LogP contribution in [0.2, 0.25) is 0 Å². The zero-order chi connectivity index (χ0) is 14.0. The van der Waals surface area contributed by atoms with Crippen LogP contribution in [-0.4, -0.2) is 5.78 Å². The lowest BCUT2D eigenvalue weighted by Crippen LogP contribution is -2.06. The molecule has 19 heavy (non-hydrogen) atoms. The standard InChI is InChI=1S/C15H11Br2FO/c1-9-7-11(16)5-6-12(9)14(19)8-10-3-2-4-13(18)15(10)17/h2-7H,8H2,1H3. The van der Waals surface area contributed by atoms with Gasteiger partial charge in [0.2, 0.25) is 0 Å². The van der Waals surface area contributed by atoms with Crippen molar-refractivity contribution in [2.45, 2.75) is 13.3 Å². The highest BCUT2D eigenvalue weighted by molar-refractivity contribution is 9.10. The molecule has 0 fully saturated rings. The summed E-state index contributed by atoms with van der Waals surface area (Å²) in [4.78, 5) is 12.3. The van der Waals surface area contributed by atoms with Crippen molar-refractivity contribution in [1.82, 2.24) is 0 Å². The number of Topliss-reactive ketones (excluding diaryl/α,β-unsaturated/α-hetero) is 1. The fourth-order valence-electron chi connectivity index (χ4n) is 1.89. The molecule has 0 bridgehead atoms. The van der Waals surface area contributed by atoms with E-state index in [4.69, 9.17) is 0 Å². The quantitative estimate of drug-likeness (QED) is 0.673. The minimum atomic E-state index is -0.349. The second kappa shape index (κ2) is 5.97. The Bertz CT molecular complexity index is 638. The normalized spacial score (nSPS) is 10.5. The number of carbonyl (C=O) groups is 1. The second-order valence-electron chi connectivity index (χ2n) is 4.27. The van der Waals surface area contributed by atoms with E-state index in [0.29, 0.717) is 15.6 Å². The van der Waals surface area contributed by atoms with Gasteiger partial charge in [0.15, 0.2) is 5.78 Å². The Kier molecular flexibility index (Phi) is 4.53. The zero-order valence-electron chi connectivity index (χ0n) is 10.2. The van der Waals surface area contributed by atoms with E-state index in [2.05, 4.69) is 31.9 Å². The summed E-state index contributed by atoms with van der Waals surface area (Å²) in [5.74, 6) is -0.367. The fourth-order valence-corrected chi connectivity index (χ4v) is 2.77. The number of hydrogen-bond donors (Lipinski definition) is 0. The number of benzene rings is 2. The molecular formula is C15H11Br2FO. The molecule has 0 aliphatic heterocycles. The Labute approximate surface area is 128 Å². The van der Waals surface area contributed by atoms with Crippen molar-refractivity contribution in [2.24, 2.45) is 0 Å². The van der Waals surface area contributed by atoms with Gasteiger partial charge in [-0.3, -0.25) is 4.79 Å². The molecule has 0 saturated heterocycles. The molecule has 0 aromatic heterocycles. The van der Waals surface area contributed by atoms with Gasteiger partial charge in [-0.25, -0.2) is 4.39 Å². The first kappa shape index (κ1) is 14.4. The van der Waals surface area contributed by atoms with E-state index in [1.807, 2.05) is 19.1 Å². The largest absolute Gasteiger partial charge is 0.294 e. The van der Waals surface area contributed by atoms with Crippen molar-refractivity contribution < 1.29 is 9.18 Å². The van der Waals surface area contributed by atoms with Gasteiger partial charge in [-0.1, -0.05) is 34.1 Å². The van der Waals surface area contributed by atoms with Crippen LogP contribution in [0.1, 0.15) is 21.5 Å². The van der Waals surface area contributed by atoms with Gasteiger partial charge in [-0.05, 0) is 52.2 Å². The zero-order valence-corrected chi connectivity index (χ0v) is 13.4. The van der Waals surface area contributed by atoms with Crippen LogP contribution in [0.25, 0.3) is 0 Å². The summed E-state index contributed by atoms with van der Waals surface area (Å²) < 4.78 is 14.7. The predicted octanol–water partition coefficient (Wildman–Crippen LogP) is 5.08. The molecule has 2 aromatic rings. The van der Waals surface area contributed by atoms with E-state index >= 15 is 0 Å². The van der Waals surface area contributed by atoms with Crippen molar-refractivity contribution in [1.29, 1.82) is 0 Å². The molecule has 0 spiro atoms. The van der Waals surface area contributed by atoms with E-state index in [9.17, 15) is 9.18 Å². The minimum absolute atomic E-state index is 0.0173. The summed E-state index contributed by atoms with van der Waals surface area (Å²) in [7, 11) is 0. The van der Waals surface area contributed by atoms with Gasteiger partial charge in [0.05, 0.1) is 4.47 Å². The maximum absolute atomic E-state index is 13.4. The predicted molar refractivity (Wildman–Crippen MR) is 81.0 cm³/mol. The van der Waals surface area contributed by atoms with Gasteiger partial charge in [0, 0.05) is 16.5 Å². The third-order valence-electron chi connectivity index (χ3n) is 2.87. The molecule has 0 saturated carbocycles. The summed E-state index contributed by atoms with van der Waals surface area (Å²) in [6.45, 7) is 1.89. The molecule has 0 atom stereocenters. The molecular weight excluding hydrogens is 375 g/mol. The van der Waals surface area contributed by atoms with Crippen LogP contribution in [-0.2, 0) is 6.42 Å². The molecule has 0 amide bonds. The van der Waals surface area contributed by atoms with Gasteiger partial charge >= 0.3 is 0 Å².